The fourth-order valence-corrected chi connectivity index (χ4v) is 5.56. The predicted molar refractivity (Wildman–Crippen MR) is 129 cm³/mol. The van der Waals surface area contributed by atoms with E-state index in [1.807, 2.05) is 48.8 Å². The van der Waals surface area contributed by atoms with Crippen molar-refractivity contribution in [3.05, 3.63) is 76.5 Å². The first-order chi connectivity index (χ1) is 16.1. The summed E-state index contributed by atoms with van der Waals surface area (Å²) in [5.41, 5.74) is 11.9. The van der Waals surface area contributed by atoms with Gasteiger partial charge in [0.05, 0.1) is 17.9 Å². The molecule has 2 atom stereocenters. The lowest BCUT2D eigenvalue weighted by molar-refractivity contribution is 0.353. The van der Waals surface area contributed by atoms with E-state index >= 15 is 0 Å². The van der Waals surface area contributed by atoms with Crippen LogP contribution in [0.2, 0.25) is 0 Å². The Morgan fingerprint density at radius 1 is 1.03 bits per heavy atom. The SMILES string of the molecule is C[C@@H]1c2cccc3[nH]cc(c23)-c2[nH]c(=O)c(-c3c[nH]c4ccccc34)nc2[C@@]12CN=C(N)N2. The van der Waals surface area contributed by atoms with Crippen molar-refractivity contribution in [2.45, 2.75) is 18.4 Å². The summed E-state index contributed by atoms with van der Waals surface area (Å²) in [6, 6.07) is 14.1. The number of nitrogens with two attached hydrogens (primary N) is 1. The summed E-state index contributed by atoms with van der Waals surface area (Å²) in [4.78, 5) is 32.8. The van der Waals surface area contributed by atoms with Crippen molar-refractivity contribution in [2.24, 2.45) is 10.7 Å². The number of nitrogens with zero attached hydrogens (tertiary/aromatic N) is 2. The molecule has 1 spiro atoms. The van der Waals surface area contributed by atoms with Gasteiger partial charge in [-0.2, -0.15) is 0 Å². The zero-order valence-corrected chi connectivity index (χ0v) is 17.9. The molecule has 2 aromatic carbocycles. The normalized spacial score (nSPS) is 21.2. The molecule has 0 bridgehead atoms. The molecule has 0 saturated carbocycles. The van der Waals surface area contributed by atoms with Gasteiger partial charge in [0.1, 0.15) is 11.2 Å². The van der Waals surface area contributed by atoms with Crippen LogP contribution in [0.5, 0.6) is 0 Å². The van der Waals surface area contributed by atoms with Crippen LogP contribution in [0.4, 0.5) is 0 Å². The zero-order chi connectivity index (χ0) is 22.3. The van der Waals surface area contributed by atoms with Gasteiger partial charge >= 0.3 is 0 Å². The number of aliphatic imine (C=N–C) groups is 1. The summed E-state index contributed by atoms with van der Waals surface area (Å²) in [7, 11) is 0. The van der Waals surface area contributed by atoms with E-state index in [1.165, 1.54) is 0 Å². The van der Waals surface area contributed by atoms with E-state index in [1.54, 1.807) is 0 Å². The second-order valence-electron chi connectivity index (χ2n) is 8.88. The lowest BCUT2D eigenvalue weighted by Gasteiger charge is -2.35. The van der Waals surface area contributed by atoms with Gasteiger partial charge in [-0.15, -0.1) is 0 Å². The smallest absolute Gasteiger partial charge is 0.275 e. The zero-order valence-electron chi connectivity index (χ0n) is 17.9. The number of aromatic nitrogens is 4. The second kappa shape index (κ2) is 6.13. The van der Waals surface area contributed by atoms with Crippen LogP contribution in [0.15, 0.2) is 64.6 Å². The Balaban J connectivity index is 1.58. The van der Waals surface area contributed by atoms with E-state index in [-0.39, 0.29) is 11.5 Å². The van der Waals surface area contributed by atoms with Gasteiger partial charge < -0.3 is 26.0 Å². The fourth-order valence-electron chi connectivity index (χ4n) is 5.56. The molecule has 0 radical (unpaired) electrons. The molecule has 2 aliphatic rings. The van der Waals surface area contributed by atoms with E-state index in [9.17, 15) is 4.79 Å². The van der Waals surface area contributed by atoms with Gasteiger partial charge in [-0.05, 0) is 17.7 Å². The summed E-state index contributed by atoms with van der Waals surface area (Å²) < 4.78 is 0. The molecule has 33 heavy (non-hydrogen) atoms. The van der Waals surface area contributed by atoms with E-state index in [0.29, 0.717) is 23.9 Å². The van der Waals surface area contributed by atoms with E-state index in [0.717, 1.165) is 44.2 Å². The molecule has 0 unspecified atom stereocenters. The minimum absolute atomic E-state index is 0.00368. The van der Waals surface area contributed by atoms with Gasteiger partial charge in [0.2, 0.25) is 0 Å². The molecule has 7 rings (SSSR count). The Kier molecular flexibility index (Phi) is 3.39. The lowest BCUT2D eigenvalue weighted by Crippen LogP contribution is -2.50. The van der Waals surface area contributed by atoms with Crippen LogP contribution in [0.1, 0.15) is 24.1 Å². The summed E-state index contributed by atoms with van der Waals surface area (Å²) in [5, 5.41) is 5.48. The molecule has 3 aromatic heterocycles. The molecule has 0 saturated heterocycles. The number of benzene rings is 2. The van der Waals surface area contributed by atoms with Gasteiger partial charge in [-0.1, -0.05) is 37.3 Å². The average Bonchev–Trinajstić information content (AvgIpc) is 3.54. The maximum Gasteiger partial charge on any atom is 0.275 e. The molecule has 6 N–H and O–H groups in total. The number of hydrogen-bond donors (Lipinski definition) is 5. The highest BCUT2D eigenvalue weighted by atomic mass is 16.1. The van der Waals surface area contributed by atoms with Crippen molar-refractivity contribution in [3.63, 3.8) is 0 Å². The number of para-hydroxylation sites is 1. The van der Waals surface area contributed by atoms with Crippen LogP contribution in [-0.2, 0) is 5.54 Å². The molecule has 0 amide bonds. The second-order valence-corrected chi connectivity index (χ2v) is 8.88. The quantitative estimate of drug-likeness (QED) is 0.277. The van der Waals surface area contributed by atoms with Crippen molar-refractivity contribution in [3.8, 4) is 22.5 Å². The van der Waals surface area contributed by atoms with Crippen molar-refractivity contribution in [1.29, 1.82) is 0 Å². The van der Waals surface area contributed by atoms with E-state index < -0.39 is 5.54 Å². The Labute approximate surface area is 188 Å². The molecule has 8 nitrogen and oxygen atoms in total. The predicted octanol–water partition coefficient (Wildman–Crippen LogP) is 3.30. The third kappa shape index (κ3) is 2.27. The van der Waals surface area contributed by atoms with Gasteiger partial charge in [-0.3, -0.25) is 9.79 Å². The number of aromatic amines is 3. The highest BCUT2D eigenvalue weighted by molar-refractivity contribution is 6.00. The fraction of sp³-hybridized carbons (Fsp3) is 0.160. The molecule has 8 heteroatoms. The first-order valence-electron chi connectivity index (χ1n) is 11.0. The molecule has 162 valence electrons. The number of rotatable bonds is 1. The van der Waals surface area contributed by atoms with Crippen LogP contribution in [0.25, 0.3) is 44.3 Å². The number of H-pyrrole nitrogens is 3. The van der Waals surface area contributed by atoms with E-state index in [4.69, 9.17) is 10.7 Å². The third-order valence-electron chi connectivity index (χ3n) is 7.24. The number of nitrogens with one attached hydrogen (secondary N) is 4. The monoisotopic (exact) mass is 435 g/mol. The Bertz CT molecular complexity index is 1690. The Morgan fingerprint density at radius 3 is 2.67 bits per heavy atom. The number of fused-ring (bicyclic) bond motifs is 4. The molecule has 1 aliphatic carbocycles. The first-order valence-corrected chi connectivity index (χ1v) is 11.0. The van der Waals surface area contributed by atoms with Gasteiger partial charge in [-0.25, -0.2) is 4.98 Å². The lowest BCUT2D eigenvalue weighted by atomic mass is 9.78. The van der Waals surface area contributed by atoms with Gasteiger partial charge in [0.15, 0.2) is 5.96 Å². The molecule has 1 aliphatic heterocycles. The van der Waals surface area contributed by atoms with E-state index in [2.05, 4.69) is 38.3 Å². The van der Waals surface area contributed by atoms with Gasteiger partial charge in [0, 0.05) is 51.2 Å². The Hall–Kier alpha value is -4.33. The highest BCUT2D eigenvalue weighted by Crippen LogP contribution is 2.49. The van der Waals surface area contributed by atoms with Crippen LogP contribution >= 0.6 is 0 Å². The molecular weight excluding hydrogens is 414 g/mol. The molecule has 0 fully saturated rings. The molecule has 5 aromatic rings. The maximum atomic E-state index is 13.4. The molecular formula is C25H21N7O. The summed E-state index contributed by atoms with van der Waals surface area (Å²) in [6.07, 6.45) is 3.79. The van der Waals surface area contributed by atoms with Crippen molar-refractivity contribution >= 4 is 27.8 Å². The van der Waals surface area contributed by atoms with Crippen molar-refractivity contribution in [1.82, 2.24) is 25.3 Å². The standard InChI is InChI=1S/C25H21N7O/c1-12-13-6-4-8-18-19(13)16(10-28-18)20-22(25(12)11-29-24(26)32-25)30-21(23(33)31-20)15-9-27-17-7-3-2-5-14(15)17/h2-10,12,27-28H,11H2,1H3,(H,31,33)(H3,26,29,32)/t12-,25-/m1/s1. The van der Waals surface area contributed by atoms with Crippen LogP contribution in [0, 0.1) is 0 Å². The van der Waals surface area contributed by atoms with Crippen LogP contribution < -0.4 is 16.6 Å². The molecule has 4 heterocycles. The van der Waals surface area contributed by atoms with Crippen LogP contribution in [-0.4, -0.2) is 32.4 Å². The topological polar surface area (TPSA) is 128 Å². The van der Waals surface area contributed by atoms with Crippen LogP contribution in [0.3, 0.4) is 0 Å². The average molecular weight is 435 g/mol. The van der Waals surface area contributed by atoms with Gasteiger partial charge in [0.25, 0.3) is 5.56 Å². The number of guanidine groups is 1. The summed E-state index contributed by atoms with van der Waals surface area (Å²) in [5.74, 6) is 0.380. The van der Waals surface area contributed by atoms with Crippen molar-refractivity contribution < 1.29 is 0 Å². The minimum atomic E-state index is -0.676. The maximum absolute atomic E-state index is 13.4. The Morgan fingerprint density at radius 2 is 1.82 bits per heavy atom. The summed E-state index contributed by atoms with van der Waals surface area (Å²) >= 11 is 0. The first kappa shape index (κ1) is 18.3. The third-order valence-corrected chi connectivity index (χ3v) is 7.24. The number of hydrogen-bond acceptors (Lipinski definition) is 5. The largest absolute Gasteiger partial charge is 0.370 e. The van der Waals surface area contributed by atoms with Crippen molar-refractivity contribution in [2.75, 3.05) is 6.54 Å². The highest BCUT2D eigenvalue weighted by Gasteiger charge is 2.48. The summed E-state index contributed by atoms with van der Waals surface area (Å²) in [6.45, 7) is 2.60. The minimum Gasteiger partial charge on any atom is -0.370 e.